The largest absolute Gasteiger partial charge is 0.477 e. The zero-order valence-corrected chi connectivity index (χ0v) is 21.7. The van der Waals surface area contributed by atoms with E-state index in [1.807, 2.05) is 86.6 Å². The van der Waals surface area contributed by atoms with E-state index in [1.165, 1.54) is 5.56 Å². The lowest BCUT2D eigenvalue weighted by molar-refractivity contribution is 0.248. The van der Waals surface area contributed by atoms with Gasteiger partial charge in [-0.1, -0.05) is 72.3 Å². The molecule has 0 saturated carbocycles. The van der Waals surface area contributed by atoms with Crippen LogP contribution in [-0.2, 0) is 0 Å². The maximum atomic E-state index is 13.4. The molecule has 0 spiro atoms. The first-order valence-electron chi connectivity index (χ1n) is 12.4. The van der Waals surface area contributed by atoms with E-state index in [2.05, 4.69) is 32.8 Å². The van der Waals surface area contributed by atoms with Gasteiger partial charge in [0, 0.05) is 19.0 Å². The van der Waals surface area contributed by atoms with Crippen LogP contribution in [0.3, 0.4) is 0 Å². The second kappa shape index (κ2) is 11.0. The van der Waals surface area contributed by atoms with E-state index in [9.17, 15) is 4.79 Å². The number of carbonyl (C=O) groups excluding carboxylic acids is 1. The number of nitrogens with one attached hydrogen (secondary N) is 2. The van der Waals surface area contributed by atoms with E-state index in [-0.39, 0.29) is 18.0 Å². The second-order valence-electron chi connectivity index (χ2n) is 9.04. The zero-order chi connectivity index (χ0) is 25.8. The van der Waals surface area contributed by atoms with Crippen LogP contribution in [-0.4, -0.2) is 41.5 Å². The van der Waals surface area contributed by atoms with Crippen molar-refractivity contribution in [3.05, 3.63) is 101 Å². The van der Waals surface area contributed by atoms with Crippen molar-refractivity contribution in [2.24, 2.45) is 0 Å². The van der Waals surface area contributed by atoms with E-state index < -0.39 is 0 Å². The Balaban J connectivity index is 1.40. The Morgan fingerprint density at radius 1 is 1.00 bits per heavy atom. The van der Waals surface area contributed by atoms with Gasteiger partial charge in [0.15, 0.2) is 0 Å². The van der Waals surface area contributed by atoms with Crippen molar-refractivity contribution >= 4 is 29.1 Å². The number of urea groups is 1. The minimum Gasteiger partial charge on any atom is -0.477 e. The van der Waals surface area contributed by atoms with Gasteiger partial charge in [-0.15, -0.1) is 5.10 Å². The maximum Gasteiger partial charge on any atom is 0.320 e. The molecule has 1 fully saturated rings. The number of hydrogen-bond acceptors (Lipinski definition) is 4. The molecule has 0 radical (unpaired) electrons. The molecule has 1 aliphatic rings. The monoisotopic (exact) mass is 515 g/mol. The van der Waals surface area contributed by atoms with Crippen molar-refractivity contribution in [1.29, 1.82) is 0 Å². The molecule has 8 heteroatoms. The summed E-state index contributed by atoms with van der Waals surface area (Å²) in [6.45, 7) is 5.67. The second-order valence-corrected chi connectivity index (χ2v) is 9.44. The summed E-state index contributed by atoms with van der Waals surface area (Å²) in [6.07, 6.45) is 0. The predicted molar refractivity (Wildman–Crippen MR) is 148 cm³/mol. The average Bonchev–Trinajstić information content (AvgIpc) is 3.47. The molecule has 1 saturated heterocycles. The lowest BCUT2D eigenvalue weighted by Crippen LogP contribution is -2.42. The number of rotatable bonds is 7. The Kier molecular flexibility index (Phi) is 7.32. The molecule has 0 aliphatic carbocycles. The minimum atomic E-state index is -0.296. The number of halogens is 1. The number of benzene rings is 3. The first-order valence-corrected chi connectivity index (χ1v) is 12.8. The SMILES string of the molecule is CCOc1nn(-c2ccccc2)c(NC(=O)N[C@@H]2CN(c3ccccc3Cl)C[C@H]2c2ccccc2)c1C. The molecular formula is C29H30ClN5O2. The number of ether oxygens (including phenoxy) is 1. The van der Waals surface area contributed by atoms with Crippen LogP contribution in [0.5, 0.6) is 5.88 Å². The van der Waals surface area contributed by atoms with Crippen molar-refractivity contribution in [2.75, 3.05) is 29.9 Å². The quantitative estimate of drug-likeness (QED) is 0.315. The number of amides is 2. The topological polar surface area (TPSA) is 71.4 Å². The highest BCUT2D eigenvalue weighted by Crippen LogP contribution is 2.35. The lowest BCUT2D eigenvalue weighted by atomic mass is 9.94. The summed E-state index contributed by atoms with van der Waals surface area (Å²) in [5.41, 5.74) is 3.74. The molecule has 2 N–H and O–H groups in total. The van der Waals surface area contributed by atoms with Crippen LogP contribution in [0, 0.1) is 6.92 Å². The lowest BCUT2D eigenvalue weighted by Gasteiger charge is -2.21. The molecule has 2 atom stereocenters. The number of aromatic nitrogens is 2. The molecule has 0 unspecified atom stereocenters. The molecule has 5 rings (SSSR count). The van der Waals surface area contributed by atoms with Crippen LogP contribution in [0.25, 0.3) is 5.69 Å². The van der Waals surface area contributed by atoms with Crippen LogP contribution in [0.1, 0.15) is 24.0 Å². The average molecular weight is 516 g/mol. The van der Waals surface area contributed by atoms with Crippen LogP contribution < -0.4 is 20.3 Å². The maximum absolute atomic E-state index is 13.4. The summed E-state index contributed by atoms with van der Waals surface area (Å²) >= 11 is 6.52. The number of para-hydroxylation sites is 2. The van der Waals surface area contributed by atoms with Gasteiger partial charge in [-0.05, 0) is 43.7 Å². The molecule has 2 amide bonds. The Morgan fingerprint density at radius 3 is 2.38 bits per heavy atom. The van der Waals surface area contributed by atoms with E-state index in [0.717, 1.165) is 23.5 Å². The Hall–Kier alpha value is -3.97. The van der Waals surface area contributed by atoms with Gasteiger partial charge in [-0.2, -0.15) is 0 Å². The van der Waals surface area contributed by atoms with Crippen molar-refractivity contribution in [3.8, 4) is 11.6 Å². The summed E-state index contributed by atoms with van der Waals surface area (Å²) in [5.74, 6) is 1.17. The summed E-state index contributed by atoms with van der Waals surface area (Å²) in [6, 6.07) is 27.4. The number of anilines is 2. The van der Waals surface area contributed by atoms with Gasteiger partial charge in [-0.25, -0.2) is 9.48 Å². The molecule has 3 aromatic carbocycles. The molecule has 1 aliphatic heterocycles. The number of carbonyl (C=O) groups is 1. The van der Waals surface area contributed by atoms with Gasteiger partial charge in [0.25, 0.3) is 0 Å². The van der Waals surface area contributed by atoms with Crippen LogP contribution in [0.2, 0.25) is 5.02 Å². The van der Waals surface area contributed by atoms with Gasteiger partial charge in [0.1, 0.15) is 5.82 Å². The van der Waals surface area contributed by atoms with Gasteiger partial charge in [-0.3, -0.25) is 5.32 Å². The van der Waals surface area contributed by atoms with E-state index in [4.69, 9.17) is 16.3 Å². The number of hydrogen-bond donors (Lipinski definition) is 2. The van der Waals surface area contributed by atoms with Gasteiger partial charge in [0.05, 0.1) is 34.6 Å². The van der Waals surface area contributed by atoms with Crippen LogP contribution >= 0.6 is 11.6 Å². The minimum absolute atomic E-state index is 0.0994. The molecule has 7 nitrogen and oxygen atoms in total. The highest BCUT2D eigenvalue weighted by Gasteiger charge is 2.36. The Bertz CT molecular complexity index is 1360. The molecule has 2 heterocycles. The van der Waals surface area contributed by atoms with E-state index >= 15 is 0 Å². The third kappa shape index (κ3) is 5.27. The smallest absolute Gasteiger partial charge is 0.320 e. The third-order valence-corrected chi connectivity index (χ3v) is 6.97. The van der Waals surface area contributed by atoms with Gasteiger partial charge >= 0.3 is 6.03 Å². The summed E-state index contributed by atoms with van der Waals surface area (Å²) in [5, 5.41) is 11.6. The van der Waals surface area contributed by atoms with Crippen LogP contribution in [0.15, 0.2) is 84.9 Å². The normalized spacial score (nSPS) is 17.0. The first kappa shape index (κ1) is 24.7. The highest BCUT2D eigenvalue weighted by atomic mass is 35.5. The molecule has 190 valence electrons. The van der Waals surface area contributed by atoms with E-state index in [0.29, 0.717) is 29.9 Å². The zero-order valence-electron chi connectivity index (χ0n) is 20.9. The van der Waals surface area contributed by atoms with Crippen LogP contribution in [0.4, 0.5) is 16.3 Å². The molecular weight excluding hydrogens is 486 g/mol. The number of nitrogens with zero attached hydrogens (tertiary/aromatic N) is 3. The van der Waals surface area contributed by atoms with E-state index in [1.54, 1.807) is 4.68 Å². The first-order chi connectivity index (χ1) is 18.0. The van der Waals surface area contributed by atoms with Gasteiger partial charge in [0.2, 0.25) is 5.88 Å². The fourth-order valence-corrected chi connectivity index (χ4v) is 5.11. The molecule has 0 bridgehead atoms. The van der Waals surface area contributed by atoms with Crippen molar-refractivity contribution < 1.29 is 9.53 Å². The summed E-state index contributed by atoms with van der Waals surface area (Å²) < 4.78 is 7.43. The van der Waals surface area contributed by atoms with Gasteiger partial charge < -0.3 is 15.0 Å². The summed E-state index contributed by atoms with van der Waals surface area (Å²) in [7, 11) is 0. The summed E-state index contributed by atoms with van der Waals surface area (Å²) in [4.78, 5) is 15.6. The fraction of sp³-hybridized carbons (Fsp3) is 0.241. The van der Waals surface area contributed by atoms with Crippen molar-refractivity contribution in [1.82, 2.24) is 15.1 Å². The molecule has 37 heavy (non-hydrogen) atoms. The molecule has 1 aromatic heterocycles. The predicted octanol–water partition coefficient (Wildman–Crippen LogP) is 6.03. The molecule has 4 aromatic rings. The Labute approximate surface area is 222 Å². The standard InChI is InChI=1S/C29H30ClN5O2/c1-3-37-28-20(2)27(35(33-28)22-14-8-5-9-15-22)32-29(36)31-25-19-34(26-17-11-10-16-24(26)30)18-23(25)21-12-6-4-7-13-21/h4-17,23,25H,3,18-19H2,1-2H3,(H2,31,32,36)/t23-,25+/m0/s1. The Morgan fingerprint density at radius 2 is 1.68 bits per heavy atom. The third-order valence-electron chi connectivity index (χ3n) is 6.65. The fourth-order valence-electron chi connectivity index (χ4n) is 4.86. The van der Waals surface area contributed by atoms with Crippen molar-refractivity contribution in [3.63, 3.8) is 0 Å². The highest BCUT2D eigenvalue weighted by molar-refractivity contribution is 6.33. The van der Waals surface area contributed by atoms with Crippen molar-refractivity contribution in [2.45, 2.75) is 25.8 Å².